The molecule has 1 aliphatic rings. The highest BCUT2D eigenvalue weighted by atomic mass is 32.2. The third kappa shape index (κ3) is 3.52. The molecule has 3 rings (SSSR count). The lowest BCUT2D eigenvalue weighted by Crippen LogP contribution is -2.28. The summed E-state index contributed by atoms with van der Waals surface area (Å²) < 4.78 is 23.5. The lowest BCUT2D eigenvalue weighted by molar-refractivity contribution is 0.601. The number of benzene rings is 1. The van der Waals surface area contributed by atoms with Crippen LogP contribution in [-0.2, 0) is 22.7 Å². The first-order valence-corrected chi connectivity index (χ1v) is 9.61. The van der Waals surface area contributed by atoms with Crippen LogP contribution >= 0.6 is 0 Å². The van der Waals surface area contributed by atoms with Gasteiger partial charge in [-0.1, -0.05) is 6.07 Å². The Bertz CT molecular complexity index is 827. The summed E-state index contributed by atoms with van der Waals surface area (Å²) in [5.41, 5.74) is 4.26. The third-order valence-corrected chi connectivity index (χ3v) is 5.27. The van der Waals surface area contributed by atoms with Crippen LogP contribution < -0.4 is 4.90 Å². The quantitative estimate of drug-likeness (QED) is 0.843. The Hall–Kier alpha value is -1.95. The summed E-state index contributed by atoms with van der Waals surface area (Å²) in [6, 6.07) is 7.43. The standard InChI is InChI=1S/C17H21N3O2S/c1-12-10-13(2)19-17(18-12)20-8-6-14-4-5-16(23(3,21)22)11-15(14)7-9-20/h4-5,10-11H,6-9H2,1-3H3. The van der Waals surface area contributed by atoms with E-state index in [0.29, 0.717) is 4.90 Å². The average molecular weight is 331 g/mol. The molecule has 2 aromatic rings. The third-order valence-electron chi connectivity index (χ3n) is 4.16. The molecule has 0 atom stereocenters. The van der Waals surface area contributed by atoms with Crippen molar-refractivity contribution in [1.29, 1.82) is 0 Å². The van der Waals surface area contributed by atoms with Crippen molar-refractivity contribution < 1.29 is 8.42 Å². The summed E-state index contributed by atoms with van der Waals surface area (Å²) in [7, 11) is -3.16. The number of aromatic nitrogens is 2. The van der Waals surface area contributed by atoms with Gasteiger partial charge in [0.15, 0.2) is 9.84 Å². The summed E-state index contributed by atoms with van der Waals surface area (Å²) in [6.07, 6.45) is 2.92. The van der Waals surface area contributed by atoms with Crippen LogP contribution in [0.5, 0.6) is 0 Å². The first kappa shape index (κ1) is 15.9. The van der Waals surface area contributed by atoms with Crippen molar-refractivity contribution in [2.24, 2.45) is 0 Å². The van der Waals surface area contributed by atoms with Gasteiger partial charge in [-0.15, -0.1) is 0 Å². The molecule has 0 unspecified atom stereocenters. The zero-order valence-corrected chi connectivity index (χ0v) is 14.5. The van der Waals surface area contributed by atoms with Gasteiger partial charge in [0, 0.05) is 30.7 Å². The molecule has 23 heavy (non-hydrogen) atoms. The van der Waals surface area contributed by atoms with Crippen molar-refractivity contribution in [2.45, 2.75) is 31.6 Å². The zero-order valence-electron chi connectivity index (χ0n) is 13.7. The largest absolute Gasteiger partial charge is 0.340 e. The molecular formula is C17H21N3O2S. The number of nitrogens with zero attached hydrogens (tertiary/aromatic N) is 3. The predicted molar refractivity (Wildman–Crippen MR) is 90.7 cm³/mol. The average Bonchev–Trinajstić information content (AvgIpc) is 2.67. The van der Waals surface area contributed by atoms with Gasteiger partial charge in [-0.25, -0.2) is 18.4 Å². The van der Waals surface area contributed by atoms with E-state index in [2.05, 4.69) is 14.9 Å². The van der Waals surface area contributed by atoms with E-state index in [1.165, 1.54) is 11.8 Å². The molecule has 0 radical (unpaired) electrons. The van der Waals surface area contributed by atoms with E-state index in [-0.39, 0.29) is 0 Å². The number of hydrogen-bond acceptors (Lipinski definition) is 5. The van der Waals surface area contributed by atoms with Gasteiger partial charge in [-0.2, -0.15) is 0 Å². The Labute approximate surface area is 137 Å². The number of hydrogen-bond donors (Lipinski definition) is 0. The van der Waals surface area contributed by atoms with Crippen molar-refractivity contribution in [1.82, 2.24) is 9.97 Å². The fraction of sp³-hybridized carbons (Fsp3) is 0.412. The molecule has 1 aromatic carbocycles. The van der Waals surface area contributed by atoms with Crippen LogP contribution in [0.2, 0.25) is 0 Å². The van der Waals surface area contributed by atoms with Gasteiger partial charge < -0.3 is 4.90 Å². The number of sulfone groups is 1. The molecule has 122 valence electrons. The van der Waals surface area contributed by atoms with Crippen LogP contribution in [0.25, 0.3) is 0 Å². The molecule has 1 aromatic heterocycles. The van der Waals surface area contributed by atoms with Crippen molar-refractivity contribution in [3.63, 3.8) is 0 Å². The second kappa shape index (κ2) is 5.92. The van der Waals surface area contributed by atoms with Gasteiger partial charge in [-0.05, 0) is 56.0 Å². The van der Waals surface area contributed by atoms with Gasteiger partial charge >= 0.3 is 0 Å². The van der Waals surface area contributed by atoms with E-state index >= 15 is 0 Å². The molecule has 6 heteroatoms. The van der Waals surface area contributed by atoms with Crippen LogP contribution in [0.4, 0.5) is 5.95 Å². The van der Waals surface area contributed by atoms with E-state index in [0.717, 1.165) is 48.8 Å². The summed E-state index contributed by atoms with van der Waals surface area (Å²) >= 11 is 0. The Balaban J connectivity index is 1.88. The highest BCUT2D eigenvalue weighted by molar-refractivity contribution is 7.90. The summed E-state index contributed by atoms with van der Waals surface area (Å²) in [4.78, 5) is 11.7. The first-order chi connectivity index (χ1) is 10.8. The van der Waals surface area contributed by atoms with Crippen molar-refractivity contribution in [2.75, 3.05) is 24.2 Å². The molecule has 0 saturated heterocycles. The van der Waals surface area contributed by atoms with Gasteiger partial charge in [0.25, 0.3) is 0 Å². The summed E-state index contributed by atoms with van der Waals surface area (Å²) in [5.74, 6) is 0.763. The molecule has 0 bridgehead atoms. The number of aryl methyl sites for hydroxylation is 2. The second-order valence-electron chi connectivity index (χ2n) is 6.14. The van der Waals surface area contributed by atoms with E-state index in [9.17, 15) is 8.42 Å². The highest BCUT2D eigenvalue weighted by Crippen LogP contribution is 2.22. The monoisotopic (exact) mass is 331 g/mol. The smallest absolute Gasteiger partial charge is 0.225 e. The normalized spacial score (nSPS) is 15.2. The van der Waals surface area contributed by atoms with Crippen molar-refractivity contribution in [3.8, 4) is 0 Å². The van der Waals surface area contributed by atoms with E-state index in [4.69, 9.17) is 0 Å². The molecule has 0 saturated carbocycles. The Morgan fingerprint density at radius 1 is 0.957 bits per heavy atom. The topological polar surface area (TPSA) is 63.2 Å². The maximum absolute atomic E-state index is 11.7. The number of anilines is 1. The fourth-order valence-electron chi connectivity index (χ4n) is 2.98. The fourth-order valence-corrected chi connectivity index (χ4v) is 3.65. The van der Waals surface area contributed by atoms with Crippen LogP contribution in [0.3, 0.4) is 0 Å². The minimum atomic E-state index is -3.16. The molecule has 0 aliphatic carbocycles. The zero-order chi connectivity index (χ0) is 16.6. The Morgan fingerprint density at radius 2 is 1.57 bits per heavy atom. The first-order valence-electron chi connectivity index (χ1n) is 7.72. The van der Waals surface area contributed by atoms with E-state index < -0.39 is 9.84 Å². The lowest BCUT2D eigenvalue weighted by atomic mass is 10.0. The van der Waals surface area contributed by atoms with Crippen LogP contribution in [0.1, 0.15) is 22.5 Å². The maximum atomic E-state index is 11.7. The molecule has 2 heterocycles. The molecule has 0 N–H and O–H groups in total. The molecule has 0 spiro atoms. The van der Waals surface area contributed by atoms with Gasteiger partial charge in [0.05, 0.1) is 4.90 Å². The molecule has 0 fully saturated rings. The maximum Gasteiger partial charge on any atom is 0.225 e. The second-order valence-corrected chi connectivity index (χ2v) is 8.16. The Kier molecular flexibility index (Phi) is 4.10. The minimum Gasteiger partial charge on any atom is -0.340 e. The lowest BCUT2D eigenvalue weighted by Gasteiger charge is -2.20. The van der Waals surface area contributed by atoms with Crippen LogP contribution in [0, 0.1) is 13.8 Å². The summed E-state index contributed by atoms with van der Waals surface area (Å²) in [6.45, 7) is 5.59. The Morgan fingerprint density at radius 3 is 2.17 bits per heavy atom. The molecule has 0 amide bonds. The van der Waals surface area contributed by atoms with Gasteiger partial charge in [0.2, 0.25) is 5.95 Å². The van der Waals surface area contributed by atoms with Crippen LogP contribution in [-0.4, -0.2) is 37.7 Å². The molecule has 5 nitrogen and oxygen atoms in total. The minimum absolute atomic E-state index is 0.396. The van der Waals surface area contributed by atoms with E-state index in [1.807, 2.05) is 32.0 Å². The van der Waals surface area contributed by atoms with Crippen molar-refractivity contribution in [3.05, 3.63) is 46.8 Å². The van der Waals surface area contributed by atoms with Crippen LogP contribution in [0.15, 0.2) is 29.2 Å². The molecular weight excluding hydrogens is 310 g/mol. The summed E-state index contributed by atoms with van der Waals surface area (Å²) in [5, 5.41) is 0. The van der Waals surface area contributed by atoms with Gasteiger partial charge in [0.1, 0.15) is 0 Å². The number of rotatable bonds is 2. The van der Waals surface area contributed by atoms with Gasteiger partial charge in [-0.3, -0.25) is 0 Å². The highest BCUT2D eigenvalue weighted by Gasteiger charge is 2.18. The predicted octanol–water partition coefficient (Wildman–Crippen LogP) is 2.10. The molecule has 1 aliphatic heterocycles. The van der Waals surface area contributed by atoms with E-state index in [1.54, 1.807) is 6.07 Å². The SMILES string of the molecule is Cc1cc(C)nc(N2CCc3ccc(S(C)(=O)=O)cc3CC2)n1. The number of fused-ring (bicyclic) bond motifs is 1. The van der Waals surface area contributed by atoms with Crippen molar-refractivity contribution >= 4 is 15.8 Å².